The van der Waals surface area contributed by atoms with Crippen LogP contribution in [0.25, 0.3) is 16.7 Å². The molecule has 5 heteroatoms. The smallest absolute Gasteiger partial charge is 0.241 e. The van der Waals surface area contributed by atoms with Gasteiger partial charge in [0.2, 0.25) is 5.88 Å². The Morgan fingerprint density at radius 3 is 2.52 bits per heavy atom. The third kappa shape index (κ3) is 1.98. The molecule has 0 radical (unpaired) electrons. The van der Waals surface area contributed by atoms with E-state index < -0.39 is 0 Å². The summed E-state index contributed by atoms with van der Waals surface area (Å²) < 4.78 is 6.74. The summed E-state index contributed by atoms with van der Waals surface area (Å²) in [6.07, 6.45) is 0. The summed E-state index contributed by atoms with van der Waals surface area (Å²) in [5.41, 5.74) is 2.99. The molecule has 0 saturated heterocycles. The summed E-state index contributed by atoms with van der Waals surface area (Å²) in [5.74, 6) is 0.365. The first-order valence-corrected chi connectivity index (χ1v) is 6.58. The number of aromatic nitrogens is 2. The average molecular weight is 284 g/mol. The van der Waals surface area contributed by atoms with Gasteiger partial charge in [0.1, 0.15) is 5.75 Å². The van der Waals surface area contributed by atoms with Crippen LogP contribution in [0.15, 0.2) is 30.3 Å². The van der Waals surface area contributed by atoms with Gasteiger partial charge >= 0.3 is 0 Å². The highest BCUT2D eigenvalue weighted by Gasteiger charge is 2.19. The molecular weight excluding hydrogens is 268 g/mol. The van der Waals surface area contributed by atoms with Gasteiger partial charge in [-0.15, -0.1) is 0 Å². The van der Waals surface area contributed by atoms with Gasteiger partial charge in [-0.3, -0.25) is 4.57 Å². The van der Waals surface area contributed by atoms with E-state index in [4.69, 9.17) is 4.74 Å². The Balaban J connectivity index is 2.34. The number of rotatable bonds is 2. The lowest BCUT2D eigenvalue weighted by atomic mass is 10.2. The standard InChI is InChI=1S/C16H16N2O3/c1-9-8-11(21-3)5-7-13(9)18-15-12(14(19)16(18)20)6-4-10(2)17-15/h4-8,19-20H,1-3H3. The fourth-order valence-electron chi connectivity index (χ4n) is 2.46. The zero-order chi connectivity index (χ0) is 15.1. The first-order valence-electron chi connectivity index (χ1n) is 6.58. The molecule has 3 aromatic rings. The molecule has 0 aliphatic rings. The highest BCUT2D eigenvalue weighted by Crippen LogP contribution is 2.39. The quantitative estimate of drug-likeness (QED) is 0.759. The molecule has 0 bridgehead atoms. The molecule has 108 valence electrons. The minimum absolute atomic E-state index is 0.160. The predicted octanol–water partition coefficient (Wildman–Crippen LogP) is 3.06. The molecular formula is C16H16N2O3. The number of benzene rings is 1. The van der Waals surface area contributed by atoms with Crippen LogP contribution in [-0.2, 0) is 0 Å². The molecule has 2 heterocycles. The molecule has 0 saturated carbocycles. The van der Waals surface area contributed by atoms with Gasteiger partial charge in [-0.2, -0.15) is 0 Å². The number of fused-ring (bicyclic) bond motifs is 1. The number of ether oxygens (including phenoxy) is 1. The lowest BCUT2D eigenvalue weighted by molar-refractivity contribution is 0.389. The van der Waals surface area contributed by atoms with Crippen molar-refractivity contribution in [2.45, 2.75) is 13.8 Å². The van der Waals surface area contributed by atoms with Crippen molar-refractivity contribution in [2.24, 2.45) is 0 Å². The van der Waals surface area contributed by atoms with Gasteiger partial charge in [0.15, 0.2) is 11.4 Å². The van der Waals surface area contributed by atoms with Crippen LogP contribution in [0.2, 0.25) is 0 Å². The summed E-state index contributed by atoms with van der Waals surface area (Å²) in [6, 6.07) is 9.06. The van der Waals surface area contributed by atoms with Crippen molar-refractivity contribution in [3.8, 4) is 23.1 Å². The molecule has 0 amide bonds. The van der Waals surface area contributed by atoms with Crippen molar-refractivity contribution in [1.29, 1.82) is 0 Å². The molecule has 3 rings (SSSR count). The Morgan fingerprint density at radius 1 is 1.10 bits per heavy atom. The number of hydrogen-bond donors (Lipinski definition) is 2. The minimum Gasteiger partial charge on any atom is -0.503 e. The Morgan fingerprint density at radius 2 is 1.86 bits per heavy atom. The SMILES string of the molecule is COc1ccc(-n2c(O)c(O)c3ccc(C)nc32)c(C)c1. The molecule has 5 nitrogen and oxygen atoms in total. The lowest BCUT2D eigenvalue weighted by Gasteiger charge is -2.11. The van der Waals surface area contributed by atoms with Crippen molar-refractivity contribution in [3.63, 3.8) is 0 Å². The molecule has 2 aromatic heterocycles. The predicted molar refractivity (Wildman–Crippen MR) is 80.4 cm³/mol. The summed E-state index contributed by atoms with van der Waals surface area (Å²) >= 11 is 0. The zero-order valence-corrected chi connectivity index (χ0v) is 12.1. The summed E-state index contributed by atoms with van der Waals surface area (Å²) in [5, 5.41) is 20.9. The zero-order valence-electron chi connectivity index (χ0n) is 12.1. The Kier molecular flexibility index (Phi) is 2.97. The molecule has 0 unspecified atom stereocenters. The molecule has 0 fully saturated rings. The Bertz CT molecular complexity index is 837. The Labute approximate surface area is 122 Å². The highest BCUT2D eigenvalue weighted by atomic mass is 16.5. The first-order chi connectivity index (χ1) is 10.0. The fourth-order valence-corrected chi connectivity index (χ4v) is 2.46. The molecule has 0 aliphatic carbocycles. The van der Waals surface area contributed by atoms with Crippen LogP contribution in [0.1, 0.15) is 11.3 Å². The number of pyridine rings is 1. The topological polar surface area (TPSA) is 67.5 Å². The van der Waals surface area contributed by atoms with E-state index >= 15 is 0 Å². The molecule has 0 atom stereocenters. The van der Waals surface area contributed by atoms with Gasteiger partial charge in [-0.1, -0.05) is 0 Å². The Hall–Kier alpha value is -2.69. The van der Waals surface area contributed by atoms with Gasteiger partial charge in [0.05, 0.1) is 18.2 Å². The van der Waals surface area contributed by atoms with Crippen LogP contribution in [0.3, 0.4) is 0 Å². The van der Waals surface area contributed by atoms with Crippen LogP contribution < -0.4 is 4.74 Å². The normalized spacial score (nSPS) is 11.0. The lowest BCUT2D eigenvalue weighted by Crippen LogP contribution is -1.99. The highest BCUT2D eigenvalue weighted by molar-refractivity contribution is 5.88. The van der Waals surface area contributed by atoms with E-state index in [2.05, 4.69) is 4.98 Å². The maximum Gasteiger partial charge on any atom is 0.241 e. The molecule has 0 spiro atoms. The number of hydrogen-bond acceptors (Lipinski definition) is 4. The van der Waals surface area contributed by atoms with E-state index in [0.29, 0.717) is 11.0 Å². The maximum atomic E-state index is 10.3. The molecule has 2 N–H and O–H groups in total. The number of aromatic hydroxyl groups is 2. The second-order valence-electron chi connectivity index (χ2n) is 4.98. The van der Waals surface area contributed by atoms with E-state index in [-0.39, 0.29) is 11.6 Å². The number of methoxy groups -OCH3 is 1. The summed E-state index contributed by atoms with van der Waals surface area (Å²) in [6.45, 7) is 3.78. The van der Waals surface area contributed by atoms with Crippen molar-refractivity contribution >= 4 is 11.0 Å². The maximum absolute atomic E-state index is 10.3. The van der Waals surface area contributed by atoms with E-state index in [1.54, 1.807) is 29.9 Å². The van der Waals surface area contributed by atoms with E-state index in [9.17, 15) is 10.2 Å². The van der Waals surface area contributed by atoms with Crippen molar-refractivity contribution in [1.82, 2.24) is 9.55 Å². The third-order valence-corrected chi connectivity index (χ3v) is 3.55. The molecule has 21 heavy (non-hydrogen) atoms. The summed E-state index contributed by atoms with van der Waals surface area (Å²) in [7, 11) is 1.60. The van der Waals surface area contributed by atoms with Crippen molar-refractivity contribution in [2.75, 3.05) is 7.11 Å². The minimum atomic E-state index is -0.212. The second-order valence-corrected chi connectivity index (χ2v) is 4.98. The average Bonchev–Trinajstić information content (AvgIpc) is 2.71. The largest absolute Gasteiger partial charge is 0.503 e. The van der Waals surface area contributed by atoms with Gasteiger partial charge in [-0.25, -0.2) is 4.98 Å². The van der Waals surface area contributed by atoms with Crippen LogP contribution in [0, 0.1) is 13.8 Å². The molecule has 0 aliphatic heterocycles. The fraction of sp³-hybridized carbons (Fsp3) is 0.188. The van der Waals surface area contributed by atoms with Crippen LogP contribution in [0.4, 0.5) is 0 Å². The van der Waals surface area contributed by atoms with E-state index in [0.717, 1.165) is 22.7 Å². The van der Waals surface area contributed by atoms with Crippen molar-refractivity contribution in [3.05, 3.63) is 41.6 Å². The van der Waals surface area contributed by atoms with Gasteiger partial charge < -0.3 is 14.9 Å². The summed E-state index contributed by atoms with van der Waals surface area (Å²) in [4.78, 5) is 4.43. The van der Waals surface area contributed by atoms with Gasteiger partial charge in [0.25, 0.3) is 0 Å². The first kappa shape index (κ1) is 13.3. The van der Waals surface area contributed by atoms with Crippen LogP contribution >= 0.6 is 0 Å². The number of nitrogens with zero attached hydrogens (tertiary/aromatic N) is 2. The van der Waals surface area contributed by atoms with Gasteiger partial charge in [0, 0.05) is 5.69 Å². The van der Waals surface area contributed by atoms with Gasteiger partial charge in [-0.05, 0) is 49.7 Å². The van der Waals surface area contributed by atoms with Crippen LogP contribution in [0.5, 0.6) is 17.4 Å². The van der Waals surface area contributed by atoms with Crippen molar-refractivity contribution < 1.29 is 14.9 Å². The number of aryl methyl sites for hydroxylation is 2. The monoisotopic (exact) mass is 284 g/mol. The third-order valence-electron chi connectivity index (χ3n) is 3.55. The van der Waals surface area contributed by atoms with E-state index in [1.165, 1.54) is 0 Å². The van der Waals surface area contributed by atoms with E-state index in [1.807, 2.05) is 26.0 Å². The molecule has 1 aromatic carbocycles. The van der Waals surface area contributed by atoms with Crippen LogP contribution in [-0.4, -0.2) is 26.9 Å². The second kappa shape index (κ2) is 4.70.